The third kappa shape index (κ3) is 7.05. The van der Waals surface area contributed by atoms with E-state index in [1.807, 2.05) is 54.7 Å². The quantitative estimate of drug-likeness (QED) is 0.221. The Morgan fingerprint density at radius 2 is 1.80 bits per heavy atom. The van der Waals surface area contributed by atoms with Crippen molar-refractivity contribution in [3.05, 3.63) is 111 Å². The summed E-state index contributed by atoms with van der Waals surface area (Å²) in [6.45, 7) is 7.30. The molecule has 5 rings (SSSR count). The molecule has 41 heavy (non-hydrogen) atoms. The minimum Gasteiger partial charge on any atom is -0.489 e. The zero-order valence-corrected chi connectivity index (χ0v) is 25.0. The van der Waals surface area contributed by atoms with E-state index in [1.54, 1.807) is 35.6 Å². The molecule has 1 aliphatic rings. The molecule has 4 aromatic rings. The second kappa shape index (κ2) is 12.3. The Hall–Kier alpha value is -3.92. The van der Waals surface area contributed by atoms with E-state index in [1.165, 1.54) is 4.88 Å². The van der Waals surface area contributed by atoms with Crippen molar-refractivity contribution in [1.82, 2.24) is 0 Å². The summed E-state index contributed by atoms with van der Waals surface area (Å²) in [5, 5.41) is 13.4. The molecular formula is C34H32ClN3O2S. The van der Waals surface area contributed by atoms with Crippen molar-refractivity contribution in [1.29, 1.82) is 5.26 Å². The van der Waals surface area contributed by atoms with E-state index in [9.17, 15) is 4.79 Å². The highest BCUT2D eigenvalue weighted by atomic mass is 35.5. The van der Waals surface area contributed by atoms with Gasteiger partial charge in [-0.25, -0.2) is 4.99 Å². The van der Waals surface area contributed by atoms with Crippen LogP contribution in [0.4, 0.5) is 10.7 Å². The van der Waals surface area contributed by atoms with E-state index in [0.29, 0.717) is 34.4 Å². The van der Waals surface area contributed by atoms with Gasteiger partial charge in [0.15, 0.2) is 0 Å². The fourth-order valence-electron chi connectivity index (χ4n) is 4.99. The molecule has 1 amide bonds. The van der Waals surface area contributed by atoms with Crippen molar-refractivity contribution >= 4 is 45.7 Å². The molecule has 0 saturated heterocycles. The summed E-state index contributed by atoms with van der Waals surface area (Å²) in [6.07, 6.45) is 4.70. The Kier molecular flexibility index (Phi) is 8.58. The maximum Gasteiger partial charge on any atom is 0.259 e. The lowest BCUT2D eigenvalue weighted by atomic mass is 9.72. The maximum absolute atomic E-state index is 13.6. The summed E-state index contributed by atoms with van der Waals surface area (Å²) in [7, 11) is 0. The number of hydrogen-bond donors (Lipinski definition) is 1. The molecule has 1 N–H and O–H groups in total. The molecule has 3 aromatic carbocycles. The average Bonchev–Trinajstić information content (AvgIpc) is 3.34. The standard InChI is InChI=1S/C34H32ClN3O2S/c1-34(2,3)25-10-17-29-30(18-25)41-33(31(29)32(39)38-27-13-11-26(35)12-14-27)37-20-23-8-15-28(16-9-23)40-21-24-6-4-22(19-36)5-7-24/h4-9,11-16,20,25H,10,17-18,21H2,1-3H3,(H,38,39)/t25-/m0/s1. The van der Waals surface area contributed by atoms with Crippen LogP contribution >= 0.6 is 22.9 Å². The number of nitrogens with one attached hydrogen (secondary N) is 1. The molecular weight excluding hydrogens is 550 g/mol. The first kappa shape index (κ1) is 28.6. The van der Waals surface area contributed by atoms with Crippen molar-refractivity contribution in [3.63, 3.8) is 0 Å². The second-order valence-corrected chi connectivity index (χ2v) is 12.9. The van der Waals surface area contributed by atoms with E-state index in [0.717, 1.165) is 46.7 Å². The lowest BCUT2D eigenvalue weighted by Gasteiger charge is -2.33. The van der Waals surface area contributed by atoms with Gasteiger partial charge < -0.3 is 10.1 Å². The van der Waals surface area contributed by atoms with Gasteiger partial charge in [-0.05, 0) is 108 Å². The van der Waals surface area contributed by atoms with Crippen molar-refractivity contribution in [3.8, 4) is 11.8 Å². The number of nitrogens with zero attached hydrogens (tertiary/aromatic N) is 2. The molecule has 0 unspecified atom stereocenters. The number of benzene rings is 3. The number of carbonyl (C=O) groups excluding carboxylic acids is 1. The molecule has 5 nitrogen and oxygen atoms in total. The van der Waals surface area contributed by atoms with Crippen LogP contribution in [-0.4, -0.2) is 12.1 Å². The predicted molar refractivity (Wildman–Crippen MR) is 168 cm³/mol. The molecule has 1 aliphatic carbocycles. The van der Waals surface area contributed by atoms with Crippen LogP contribution in [-0.2, 0) is 19.4 Å². The van der Waals surface area contributed by atoms with Crippen LogP contribution in [0.2, 0.25) is 5.02 Å². The highest BCUT2D eigenvalue weighted by Crippen LogP contribution is 2.45. The summed E-state index contributed by atoms with van der Waals surface area (Å²) in [5.74, 6) is 1.17. The fourth-order valence-corrected chi connectivity index (χ4v) is 6.38. The highest BCUT2D eigenvalue weighted by Gasteiger charge is 2.33. The van der Waals surface area contributed by atoms with Crippen LogP contribution in [0, 0.1) is 22.7 Å². The number of ether oxygens (including phenoxy) is 1. The molecule has 7 heteroatoms. The number of halogens is 1. The van der Waals surface area contributed by atoms with Gasteiger partial charge in [-0.3, -0.25) is 4.79 Å². The van der Waals surface area contributed by atoms with Crippen molar-refractivity contribution in [2.24, 2.45) is 16.3 Å². The summed E-state index contributed by atoms with van der Waals surface area (Å²) in [6, 6.07) is 24.4. The topological polar surface area (TPSA) is 74.5 Å². The van der Waals surface area contributed by atoms with Crippen LogP contribution in [0.1, 0.15) is 64.7 Å². The third-order valence-corrected chi connectivity index (χ3v) is 8.91. The molecule has 1 heterocycles. The molecule has 0 spiro atoms. The van der Waals surface area contributed by atoms with Crippen molar-refractivity contribution in [2.45, 2.75) is 46.6 Å². The van der Waals surface area contributed by atoms with Gasteiger partial charge in [-0.15, -0.1) is 11.3 Å². The van der Waals surface area contributed by atoms with Gasteiger partial charge in [0.05, 0.1) is 17.2 Å². The van der Waals surface area contributed by atoms with Gasteiger partial charge in [0.25, 0.3) is 5.91 Å². The monoisotopic (exact) mass is 581 g/mol. The number of hydrogen-bond acceptors (Lipinski definition) is 5. The Labute approximate surface area is 250 Å². The molecule has 0 aliphatic heterocycles. The molecule has 0 saturated carbocycles. The lowest BCUT2D eigenvalue weighted by molar-refractivity contribution is 0.102. The van der Waals surface area contributed by atoms with Crippen molar-refractivity contribution in [2.75, 3.05) is 5.32 Å². The third-order valence-electron chi connectivity index (χ3n) is 7.50. The molecule has 0 fully saturated rings. The number of nitriles is 1. The smallest absolute Gasteiger partial charge is 0.259 e. The van der Waals surface area contributed by atoms with Gasteiger partial charge >= 0.3 is 0 Å². The van der Waals surface area contributed by atoms with Gasteiger partial charge in [-0.2, -0.15) is 5.26 Å². The number of fused-ring (bicyclic) bond motifs is 1. The van der Waals surface area contributed by atoms with Crippen LogP contribution in [0.15, 0.2) is 77.8 Å². The van der Waals surface area contributed by atoms with E-state index in [-0.39, 0.29) is 11.3 Å². The van der Waals surface area contributed by atoms with Crippen LogP contribution in [0.5, 0.6) is 5.75 Å². The summed E-state index contributed by atoms with van der Waals surface area (Å²) >= 11 is 7.66. The van der Waals surface area contributed by atoms with Gasteiger partial charge in [0, 0.05) is 21.8 Å². The average molecular weight is 582 g/mol. The van der Waals surface area contributed by atoms with E-state index in [2.05, 4.69) is 32.2 Å². The summed E-state index contributed by atoms with van der Waals surface area (Å²) in [5.41, 5.74) is 5.25. The number of aliphatic imine (C=N–C) groups is 1. The van der Waals surface area contributed by atoms with Gasteiger partial charge in [0.1, 0.15) is 17.4 Å². The fraction of sp³-hybridized carbons (Fsp3) is 0.265. The van der Waals surface area contributed by atoms with Gasteiger partial charge in [-0.1, -0.05) is 44.5 Å². The minimum atomic E-state index is -0.141. The number of anilines is 1. The summed E-state index contributed by atoms with van der Waals surface area (Å²) in [4.78, 5) is 19.7. The normalized spacial score (nSPS) is 14.9. The first-order chi connectivity index (χ1) is 19.7. The molecule has 0 bridgehead atoms. The molecule has 0 radical (unpaired) electrons. The first-order valence-electron chi connectivity index (χ1n) is 13.7. The zero-order valence-electron chi connectivity index (χ0n) is 23.4. The van der Waals surface area contributed by atoms with E-state index >= 15 is 0 Å². The number of amides is 1. The predicted octanol–water partition coefficient (Wildman–Crippen LogP) is 9.01. The molecule has 208 valence electrons. The zero-order chi connectivity index (χ0) is 29.0. The maximum atomic E-state index is 13.6. The first-order valence-corrected chi connectivity index (χ1v) is 14.9. The SMILES string of the molecule is CC(C)(C)[C@H]1CCc2c(sc(N=Cc3ccc(OCc4ccc(C#N)cc4)cc3)c2C(=O)Nc2ccc(Cl)cc2)C1. The van der Waals surface area contributed by atoms with Crippen LogP contribution in [0.25, 0.3) is 0 Å². The Balaban J connectivity index is 1.34. The highest BCUT2D eigenvalue weighted by molar-refractivity contribution is 7.16. The number of carbonyl (C=O) groups is 1. The Morgan fingerprint density at radius 1 is 1.10 bits per heavy atom. The van der Waals surface area contributed by atoms with Gasteiger partial charge in [0.2, 0.25) is 0 Å². The largest absolute Gasteiger partial charge is 0.489 e. The van der Waals surface area contributed by atoms with E-state index in [4.69, 9.17) is 26.6 Å². The molecule has 1 aromatic heterocycles. The number of thiophene rings is 1. The minimum absolute atomic E-state index is 0.141. The number of rotatable bonds is 7. The van der Waals surface area contributed by atoms with Crippen molar-refractivity contribution < 1.29 is 9.53 Å². The van der Waals surface area contributed by atoms with Crippen LogP contribution < -0.4 is 10.1 Å². The second-order valence-electron chi connectivity index (χ2n) is 11.4. The van der Waals surface area contributed by atoms with E-state index < -0.39 is 0 Å². The Morgan fingerprint density at radius 3 is 2.46 bits per heavy atom. The Bertz CT molecular complexity index is 1590. The van der Waals surface area contributed by atoms with Crippen LogP contribution in [0.3, 0.4) is 0 Å². The molecule has 1 atom stereocenters. The summed E-state index contributed by atoms with van der Waals surface area (Å²) < 4.78 is 5.90. The lowest BCUT2D eigenvalue weighted by Crippen LogP contribution is -2.27.